The van der Waals surface area contributed by atoms with Crippen LogP contribution in [0.3, 0.4) is 0 Å². The molecule has 1 saturated heterocycles. The Morgan fingerprint density at radius 1 is 1.30 bits per heavy atom. The first kappa shape index (κ1) is 18.0. The summed E-state index contributed by atoms with van der Waals surface area (Å²) < 4.78 is 8.55. The summed E-state index contributed by atoms with van der Waals surface area (Å²) in [6, 6.07) is 10.4. The number of nitrogens with one attached hydrogen (secondary N) is 1. The maximum atomic E-state index is 12.9. The highest BCUT2D eigenvalue weighted by Crippen LogP contribution is 2.34. The quantitative estimate of drug-likeness (QED) is 0.871. The third kappa shape index (κ3) is 3.43. The van der Waals surface area contributed by atoms with Crippen molar-refractivity contribution in [3.8, 4) is 0 Å². The van der Waals surface area contributed by atoms with Crippen LogP contribution in [0.2, 0.25) is 0 Å². The van der Waals surface area contributed by atoms with Crippen molar-refractivity contribution >= 4 is 5.91 Å². The zero-order valence-electron chi connectivity index (χ0n) is 15.7. The van der Waals surface area contributed by atoms with Gasteiger partial charge < -0.3 is 10.1 Å². The zero-order chi connectivity index (χ0) is 18.9. The fourth-order valence-corrected chi connectivity index (χ4v) is 4.27. The zero-order valence-corrected chi connectivity index (χ0v) is 15.7. The number of fused-ring (bicyclic) bond motifs is 1. The van der Waals surface area contributed by atoms with E-state index in [0.717, 1.165) is 25.1 Å². The van der Waals surface area contributed by atoms with Gasteiger partial charge in [-0.15, -0.1) is 0 Å². The van der Waals surface area contributed by atoms with Gasteiger partial charge in [0.15, 0.2) is 0 Å². The number of benzene rings is 1. The maximum absolute atomic E-state index is 12.9. The molecule has 27 heavy (non-hydrogen) atoms. The monoisotopic (exact) mass is 370 g/mol. The lowest BCUT2D eigenvalue weighted by molar-refractivity contribution is -0.126. The number of rotatable bonds is 4. The largest absolute Gasteiger partial charge is 0.381 e. The molecule has 1 atom stereocenters. The van der Waals surface area contributed by atoms with Crippen molar-refractivity contribution in [3.63, 3.8) is 0 Å². The van der Waals surface area contributed by atoms with Crippen molar-refractivity contribution in [1.29, 1.82) is 0 Å². The smallest absolute Gasteiger partial charge is 0.345 e. The van der Waals surface area contributed by atoms with Crippen LogP contribution in [0.15, 0.2) is 35.1 Å². The van der Waals surface area contributed by atoms with Gasteiger partial charge in [0.05, 0.1) is 5.92 Å². The Bertz CT molecular complexity index is 865. The van der Waals surface area contributed by atoms with Crippen LogP contribution in [0.25, 0.3) is 0 Å². The molecule has 3 heterocycles. The molecule has 1 aromatic carbocycles. The van der Waals surface area contributed by atoms with Crippen LogP contribution in [-0.2, 0) is 35.0 Å². The van der Waals surface area contributed by atoms with Crippen LogP contribution >= 0.6 is 0 Å². The Balaban J connectivity index is 1.46. The van der Waals surface area contributed by atoms with Crippen LogP contribution in [-0.4, -0.2) is 40.0 Å². The molecule has 4 rings (SSSR count). The normalized spacial score (nSPS) is 21.4. The average molecular weight is 370 g/mol. The summed E-state index contributed by atoms with van der Waals surface area (Å²) in [5, 5.41) is 7.42. The van der Waals surface area contributed by atoms with Crippen molar-refractivity contribution < 1.29 is 9.53 Å². The molecule has 1 amide bonds. The number of nitrogens with zero attached hydrogens (tertiary/aromatic N) is 3. The molecule has 144 valence electrons. The third-order valence-corrected chi connectivity index (χ3v) is 6.01. The predicted molar refractivity (Wildman–Crippen MR) is 100 cm³/mol. The molecule has 7 nitrogen and oxygen atoms in total. The summed E-state index contributed by atoms with van der Waals surface area (Å²) in [4.78, 5) is 25.0. The van der Waals surface area contributed by atoms with Gasteiger partial charge in [-0.25, -0.2) is 9.48 Å². The molecule has 0 unspecified atom stereocenters. The van der Waals surface area contributed by atoms with Gasteiger partial charge >= 0.3 is 5.69 Å². The molecule has 0 radical (unpaired) electrons. The van der Waals surface area contributed by atoms with Crippen molar-refractivity contribution in [2.24, 2.45) is 13.0 Å². The van der Waals surface area contributed by atoms with Crippen LogP contribution in [0, 0.1) is 5.92 Å². The van der Waals surface area contributed by atoms with Crippen LogP contribution in [0.4, 0.5) is 0 Å². The number of carbonyl (C=O) groups excluding carboxylic acids is 1. The average Bonchev–Trinajstić information content (AvgIpc) is 3.01. The molecule has 2 aliphatic rings. The number of hydrogen-bond donors (Lipinski definition) is 1. The number of amides is 1. The Morgan fingerprint density at radius 3 is 2.78 bits per heavy atom. The van der Waals surface area contributed by atoms with E-state index in [2.05, 4.69) is 22.5 Å². The molecule has 2 aromatic rings. The van der Waals surface area contributed by atoms with Crippen molar-refractivity contribution in [2.75, 3.05) is 19.8 Å². The topological polar surface area (TPSA) is 78.2 Å². The highest BCUT2D eigenvalue weighted by molar-refractivity contribution is 5.78. The van der Waals surface area contributed by atoms with Gasteiger partial charge in [-0.1, -0.05) is 30.3 Å². The van der Waals surface area contributed by atoms with Gasteiger partial charge in [0.1, 0.15) is 5.82 Å². The minimum Gasteiger partial charge on any atom is -0.381 e. The Hall–Kier alpha value is -2.41. The number of ether oxygens (including phenoxy) is 1. The second kappa shape index (κ2) is 7.31. The molecule has 0 spiro atoms. The first-order valence-corrected chi connectivity index (χ1v) is 9.63. The summed E-state index contributed by atoms with van der Waals surface area (Å²) in [6.07, 6.45) is 3.18. The van der Waals surface area contributed by atoms with Gasteiger partial charge in [-0.2, -0.15) is 5.10 Å². The lowest BCUT2D eigenvalue weighted by Crippen LogP contribution is -2.47. The summed E-state index contributed by atoms with van der Waals surface area (Å²) in [5.41, 5.74) is 1.02. The molecule has 2 aliphatic heterocycles. The van der Waals surface area contributed by atoms with E-state index in [1.807, 2.05) is 18.2 Å². The van der Waals surface area contributed by atoms with E-state index in [0.29, 0.717) is 32.7 Å². The highest BCUT2D eigenvalue weighted by atomic mass is 16.5. The molecule has 1 fully saturated rings. The van der Waals surface area contributed by atoms with Crippen LogP contribution in [0.1, 0.15) is 30.7 Å². The maximum Gasteiger partial charge on any atom is 0.345 e. The van der Waals surface area contributed by atoms with Gasteiger partial charge in [0, 0.05) is 45.2 Å². The second-order valence-corrected chi connectivity index (χ2v) is 7.65. The van der Waals surface area contributed by atoms with E-state index >= 15 is 0 Å². The Morgan fingerprint density at radius 2 is 2.04 bits per heavy atom. The number of hydrogen-bond acceptors (Lipinski definition) is 4. The standard InChI is InChI=1S/C20H26N4O3/c1-23-19(26)24-13-15(7-8-17(24)22-23)18(25)21-14-20(9-11-27-12-10-20)16-5-3-2-4-6-16/h2-6,15H,7-14H2,1H3,(H,21,25)/t15-/m1/s1. The summed E-state index contributed by atoms with van der Waals surface area (Å²) in [5.74, 6) is 0.613. The Labute approximate surface area is 158 Å². The van der Waals surface area contributed by atoms with Gasteiger partial charge in [0.2, 0.25) is 5.91 Å². The molecule has 7 heteroatoms. The summed E-state index contributed by atoms with van der Waals surface area (Å²) in [6.45, 7) is 2.44. The van der Waals surface area contributed by atoms with E-state index in [9.17, 15) is 9.59 Å². The number of carbonyl (C=O) groups is 1. The van der Waals surface area contributed by atoms with Crippen LogP contribution in [0.5, 0.6) is 0 Å². The Kier molecular flexibility index (Phi) is 4.86. The van der Waals surface area contributed by atoms with Gasteiger partial charge in [-0.3, -0.25) is 9.36 Å². The minimum atomic E-state index is -0.188. The highest BCUT2D eigenvalue weighted by Gasteiger charge is 2.36. The molecule has 1 N–H and O–H groups in total. The number of aryl methyl sites for hydroxylation is 2. The van der Waals surface area contributed by atoms with E-state index in [4.69, 9.17) is 4.74 Å². The van der Waals surface area contributed by atoms with Crippen LogP contribution < -0.4 is 11.0 Å². The molecule has 0 aliphatic carbocycles. The van der Waals surface area contributed by atoms with E-state index in [-0.39, 0.29) is 22.9 Å². The predicted octanol–water partition coefficient (Wildman–Crippen LogP) is 1.01. The lowest BCUT2D eigenvalue weighted by atomic mass is 9.74. The SMILES string of the molecule is Cn1nc2n(c1=O)C[C@H](C(=O)NCC1(c3ccccc3)CCOCC1)CC2. The van der Waals surface area contributed by atoms with E-state index < -0.39 is 0 Å². The first-order chi connectivity index (χ1) is 13.1. The van der Waals surface area contributed by atoms with Crippen molar-refractivity contribution in [2.45, 2.75) is 37.6 Å². The van der Waals surface area contributed by atoms with Crippen molar-refractivity contribution in [1.82, 2.24) is 19.7 Å². The fraction of sp³-hybridized carbons (Fsp3) is 0.550. The van der Waals surface area contributed by atoms with E-state index in [1.54, 1.807) is 11.6 Å². The third-order valence-electron chi connectivity index (χ3n) is 6.01. The van der Waals surface area contributed by atoms with Gasteiger partial charge in [0.25, 0.3) is 0 Å². The van der Waals surface area contributed by atoms with Gasteiger partial charge in [-0.05, 0) is 24.8 Å². The molecule has 0 bridgehead atoms. The fourth-order valence-electron chi connectivity index (χ4n) is 4.27. The second-order valence-electron chi connectivity index (χ2n) is 7.65. The molecule has 1 aromatic heterocycles. The first-order valence-electron chi connectivity index (χ1n) is 9.63. The van der Waals surface area contributed by atoms with E-state index in [1.165, 1.54) is 10.2 Å². The summed E-state index contributed by atoms with van der Waals surface area (Å²) >= 11 is 0. The molecular weight excluding hydrogens is 344 g/mol. The lowest BCUT2D eigenvalue weighted by Gasteiger charge is -2.38. The number of aromatic nitrogens is 3. The summed E-state index contributed by atoms with van der Waals surface area (Å²) in [7, 11) is 1.65. The van der Waals surface area contributed by atoms with Crippen molar-refractivity contribution in [3.05, 3.63) is 52.2 Å². The molecular formula is C20H26N4O3. The minimum absolute atomic E-state index is 0.0261. The molecule has 0 saturated carbocycles.